The number of carboxylic acids is 1. The monoisotopic (exact) mass is 256 g/mol. The van der Waals surface area contributed by atoms with Crippen LogP contribution in [0.1, 0.15) is 43.5 Å². The zero-order valence-corrected chi connectivity index (χ0v) is 10.8. The summed E-state index contributed by atoms with van der Waals surface area (Å²) in [4.78, 5) is 15.0. The smallest absolute Gasteiger partial charge is 0.337 e. The number of carbonyl (C=O) groups is 1. The lowest BCUT2D eigenvalue weighted by Gasteiger charge is -2.17. The van der Waals surface area contributed by atoms with Gasteiger partial charge in [0.1, 0.15) is 5.82 Å². The average Bonchev–Trinajstić information content (AvgIpc) is 2.30. The molecule has 0 bridgehead atoms. The first-order valence-electron chi connectivity index (χ1n) is 5.73. The first kappa shape index (κ1) is 13.8. The van der Waals surface area contributed by atoms with E-state index in [9.17, 15) is 4.79 Å². The van der Waals surface area contributed by atoms with Gasteiger partial charge in [-0.05, 0) is 18.9 Å². The van der Waals surface area contributed by atoms with E-state index in [1.165, 1.54) is 12.3 Å². The Bertz CT molecular complexity index is 396. The van der Waals surface area contributed by atoms with Crippen molar-refractivity contribution in [2.45, 2.75) is 39.2 Å². The van der Waals surface area contributed by atoms with Gasteiger partial charge in [-0.2, -0.15) is 0 Å². The molecule has 0 saturated heterocycles. The van der Waals surface area contributed by atoms with Crippen LogP contribution in [0.4, 0.5) is 5.82 Å². The summed E-state index contributed by atoms with van der Waals surface area (Å²) in [5.41, 5.74) is 0.0792. The Morgan fingerprint density at radius 2 is 2.29 bits per heavy atom. The number of hydrogen-bond acceptors (Lipinski definition) is 3. The van der Waals surface area contributed by atoms with Gasteiger partial charge >= 0.3 is 5.97 Å². The lowest BCUT2D eigenvalue weighted by Crippen LogP contribution is -2.19. The highest BCUT2D eigenvalue weighted by atomic mass is 35.5. The van der Waals surface area contributed by atoms with E-state index in [4.69, 9.17) is 16.7 Å². The molecular weight excluding hydrogens is 240 g/mol. The van der Waals surface area contributed by atoms with E-state index in [0.717, 1.165) is 19.3 Å². The van der Waals surface area contributed by atoms with Crippen molar-refractivity contribution in [1.82, 2.24) is 4.98 Å². The molecule has 1 aromatic rings. The summed E-state index contributed by atoms with van der Waals surface area (Å²) in [7, 11) is 0. The number of rotatable bonds is 6. The third-order valence-electron chi connectivity index (χ3n) is 2.57. The minimum absolute atomic E-state index is 0.0792. The highest BCUT2D eigenvalue weighted by molar-refractivity contribution is 6.33. The third kappa shape index (κ3) is 3.89. The predicted octanol–water partition coefficient (Wildman–Crippen LogP) is 3.42. The highest BCUT2D eigenvalue weighted by Crippen LogP contribution is 2.19. The van der Waals surface area contributed by atoms with Crippen LogP contribution < -0.4 is 5.32 Å². The van der Waals surface area contributed by atoms with Crippen molar-refractivity contribution in [3.63, 3.8) is 0 Å². The topological polar surface area (TPSA) is 62.2 Å². The Morgan fingerprint density at radius 3 is 2.82 bits per heavy atom. The predicted molar refractivity (Wildman–Crippen MR) is 68.8 cm³/mol. The molecular formula is C12H17ClN2O2. The van der Waals surface area contributed by atoms with Gasteiger partial charge in [-0.25, -0.2) is 9.78 Å². The largest absolute Gasteiger partial charge is 0.478 e. The van der Waals surface area contributed by atoms with E-state index in [1.807, 2.05) is 0 Å². The van der Waals surface area contributed by atoms with Gasteiger partial charge in [0.15, 0.2) is 0 Å². The number of nitrogens with one attached hydrogen (secondary N) is 1. The van der Waals surface area contributed by atoms with Crippen LogP contribution in [-0.2, 0) is 0 Å². The molecule has 1 atom stereocenters. The van der Waals surface area contributed by atoms with Gasteiger partial charge in [0.25, 0.3) is 0 Å². The Labute approximate surface area is 106 Å². The molecule has 2 N–H and O–H groups in total. The Balaban J connectivity index is 2.84. The number of hydrogen-bond donors (Lipinski definition) is 2. The van der Waals surface area contributed by atoms with Crippen LogP contribution in [0.3, 0.4) is 0 Å². The quantitative estimate of drug-likeness (QED) is 0.819. The molecule has 0 aliphatic rings. The second-order valence-corrected chi connectivity index (χ2v) is 4.30. The Hall–Kier alpha value is -1.29. The van der Waals surface area contributed by atoms with Gasteiger partial charge in [-0.1, -0.05) is 31.9 Å². The SMILES string of the molecule is CCCC(CC)Nc1cc(C(=O)O)c(Cl)cn1. The number of aromatic carboxylic acids is 1. The summed E-state index contributed by atoms with van der Waals surface area (Å²) in [6.07, 6.45) is 4.45. The lowest BCUT2D eigenvalue weighted by atomic mass is 10.1. The summed E-state index contributed by atoms with van der Waals surface area (Å²) < 4.78 is 0. The molecule has 4 nitrogen and oxygen atoms in total. The van der Waals surface area contributed by atoms with Crippen molar-refractivity contribution in [1.29, 1.82) is 0 Å². The van der Waals surface area contributed by atoms with Crippen LogP contribution in [0.25, 0.3) is 0 Å². The molecule has 94 valence electrons. The molecule has 0 aliphatic heterocycles. The van der Waals surface area contributed by atoms with E-state index < -0.39 is 5.97 Å². The van der Waals surface area contributed by atoms with Crippen LogP contribution in [0.15, 0.2) is 12.3 Å². The molecule has 0 amide bonds. The summed E-state index contributed by atoms with van der Waals surface area (Å²) in [6, 6.07) is 1.79. The van der Waals surface area contributed by atoms with Crippen molar-refractivity contribution in [2.75, 3.05) is 5.32 Å². The molecule has 1 heterocycles. The number of aromatic nitrogens is 1. The number of anilines is 1. The zero-order chi connectivity index (χ0) is 12.8. The second-order valence-electron chi connectivity index (χ2n) is 3.89. The van der Waals surface area contributed by atoms with E-state index >= 15 is 0 Å². The Morgan fingerprint density at radius 1 is 1.59 bits per heavy atom. The van der Waals surface area contributed by atoms with E-state index in [2.05, 4.69) is 24.1 Å². The fraction of sp³-hybridized carbons (Fsp3) is 0.500. The number of nitrogens with zero attached hydrogens (tertiary/aromatic N) is 1. The van der Waals surface area contributed by atoms with Crippen LogP contribution >= 0.6 is 11.6 Å². The van der Waals surface area contributed by atoms with E-state index in [0.29, 0.717) is 11.9 Å². The van der Waals surface area contributed by atoms with Crippen molar-refractivity contribution in [2.24, 2.45) is 0 Å². The van der Waals surface area contributed by atoms with E-state index in [-0.39, 0.29) is 10.6 Å². The van der Waals surface area contributed by atoms with Crippen molar-refractivity contribution < 1.29 is 9.90 Å². The van der Waals surface area contributed by atoms with Gasteiger partial charge < -0.3 is 10.4 Å². The van der Waals surface area contributed by atoms with Gasteiger partial charge in [0, 0.05) is 12.2 Å². The lowest BCUT2D eigenvalue weighted by molar-refractivity contribution is 0.0697. The molecule has 0 saturated carbocycles. The maximum atomic E-state index is 10.9. The molecule has 0 spiro atoms. The van der Waals surface area contributed by atoms with Crippen molar-refractivity contribution >= 4 is 23.4 Å². The molecule has 17 heavy (non-hydrogen) atoms. The van der Waals surface area contributed by atoms with Crippen molar-refractivity contribution in [3.05, 3.63) is 22.8 Å². The van der Waals surface area contributed by atoms with Crippen LogP contribution in [0, 0.1) is 0 Å². The first-order chi connectivity index (χ1) is 8.08. The Kier molecular flexibility index (Phi) is 5.22. The third-order valence-corrected chi connectivity index (χ3v) is 2.87. The molecule has 1 unspecified atom stereocenters. The summed E-state index contributed by atoms with van der Waals surface area (Å²) in [5.74, 6) is -0.476. The first-order valence-corrected chi connectivity index (χ1v) is 6.11. The van der Waals surface area contributed by atoms with Crippen molar-refractivity contribution in [3.8, 4) is 0 Å². The molecule has 0 radical (unpaired) electrons. The zero-order valence-electron chi connectivity index (χ0n) is 10.0. The maximum Gasteiger partial charge on any atom is 0.337 e. The van der Waals surface area contributed by atoms with Gasteiger partial charge in [0.05, 0.1) is 10.6 Å². The fourth-order valence-corrected chi connectivity index (χ4v) is 1.80. The molecule has 0 fully saturated rings. The van der Waals surface area contributed by atoms with Gasteiger partial charge in [0.2, 0.25) is 0 Å². The summed E-state index contributed by atoms with van der Waals surface area (Å²) in [6.45, 7) is 4.20. The fourth-order valence-electron chi connectivity index (χ4n) is 1.62. The van der Waals surface area contributed by atoms with Crippen LogP contribution in [0.2, 0.25) is 5.02 Å². The summed E-state index contributed by atoms with van der Waals surface area (Å²) in [5, 5.41) is 12.3. The number of halogens is 1. The number of pyridine rings is 1. The van der Waals surface area contributed by atoms with Crippen LogP contribution in [0.5, 0.6) is 0 Å². The molecule has 0 aromatic carbocycles. The summed E-state index contributed by atoms with van der Waals surface area (Å²) >= 11 is 5.75. The molecule has 1 rings (SSSR count). The van der Waals surface area contributed by atoms with Crippen LogP contribution in [-0.4, -0.2) is 22.1 Å². The maximum absolute atomic E-state index is 10.9. The minimum atomic E-state index is -1.04. The molecule has 5 heteroatoms. The number of carboxylic acid groups (broad SMARTS) is 1. The molecule has 1 aromatic heterocycles. The van der Waals surface area contributed by atoms with Gasteiger partial charge in [-0.15, -0.1) is 0 Å². The minimum Gasteiger partial charge on any atom is -0.478 e. The van der Waals surface area contributed by atoms with Gasteiger partial charge in [-0.3, -0.25) is 0 Å². The second kappa shape index (κ2) is 6.45. The van der Waals surface area contributed by atoms with E-state index in [1.54, 1.807) is 0 Å². The molecule has 0 aliphatic carbocycles. The normalized spacial score (nSPS) is 12.2. The average molecular weight is 257 g/mol. The highest BCUT2D eigenvalue weighted by Gasteiger charge is 2.12. The standard InChI is InChI=1S/C12H17ClN2O2/c1-3-5-8(4-2)15-11-6-9(12(16)17)10(13)7-14-11/h6-8H,3-5H2,1-2H3,(H,14,15)(H,16,17).